The predicted octanol–water partition coefficient (Wildman–Crippen LogP) is 5.98. The Morgan fingerprint density at radius 1 is 0.893 bits per heavy atom. The van der Waals surface area contributed by atoms with Gasteiger partial charge in [0.1, 0.15) is 0 Å². The Kier molecular flexibility index (Phi) is 4.87. The molecule has 2 heteroatoms. The number of fused-ring (bicyclic) bond motifs is 5. The van der Waals surface area contributed by atoms with Crippen LogP contribution in [-0.4, -0.2) is 17.3 Å². The van der Waals surface area contributed by atoms with E-state index in [1.54, 1.807) is 0 Å². The lowest BCUT2D eigenvalue weighted by molar-refractivity contribution is -0.142. The molecule has 4 saturated carbocycles. The van der Waals surface area contributed by atoms with Crippen LogP contribution in [-0.2, 0) is 11.3 Å². The Bertz CT molecular complexity index is 687. The highest BCUT2D eigenvalue weighted by molar-refractivity contribution is 5.14. The van der Waals surface area contributed by atoms with Crippen molar-refractivity contribution in [1.29, 1.82) is 0 Å². The van der Waals surface area contributed by atoms with Crippen molar-refractivity contribution in [1.82, 2.24) is 0 Å². The predicted molar refractivity (Wildman–Crippen MR) is 113 cm³/mol. The standard InChI is InChI=1S/C26H38O2/c1-25-14-12-20(27)16-19(25)8-9-21-22-10-11-24(26(22,2)15-13-23(21)25)28-17-18-6-4-3-5-7-18/h3-7,19-24,27H,8-17H2,1-2H3/t19-,20-,21-,22-,23-,24-,25-,26-/m0/s1. The van der Waals surface area contributed by atoms with Gasteiger partial charge in [0.15, 0.2) is 0 Å². The summed E-state index contributed by atoms with van der Waals surface area (Å²) in [6.45, 7) is 5.90. The Morgan fingerprint density at radius 2 is 1.64 bits per heavy atom. The van der Waals surface area contributed by atoms with E-state index >= 15 is 0 Å². The Balaban J connectivity index is 1.31. The SMILES string of the molecule is C[C@]12CC[C@H](O)C[C@@H]1CC[C@@H]1[C@@H]2CC[C@]2(C)[C@@H](OCc3ccccc3)CC[C@@H]12. The van der Waals surface area contributed by atoms with Crippen molar-refractivity contribution < 1.29 is 9.84 Å². The molecule has 154 valence electrons. The minimum absolute atomic E-state index is 0.0364. The molecule has 5 rings (SSSR count). The lowest BCUT2D eigenvalue weighted by atomic mass is 9.45. The van der Waals surface area contributed by atoms with Crippen LogP contribution in [0.4, 0.5) is 0 Å². The molecule has 1 N–H and O–H groups in total. The fourth-order valence-corrected chi connectivity index (χ4v) is 8.23. The highest BCUT2D eigenvalue weighted by atomic mass is 16.5. The van der Waals surface area contributed by atoms with Crippen LogP contribution in [0.2, 0.25) is 0 Å². The first-order valence-electron chi connectivity index (χ1n) is 11.8. The van der Waals surface area contributed by atoms with E-state index < -0.39 is 0 Å². The molecule has 0 unspecified atom stereocenters. The quantitative estimate of drug-likeness (QED) is 0.697. The molecule has 2 nitrogen and oxygen atoms in total. The molecule has 8 atom stereocenters. The number of aliphatic hydroxyl groups is 1. The second-order valence-electron chi connectivity index (χ2n) is 11.0. The summed E-state index contributed by atoms with van der Waals surface area (Å²) in [7, 11) is 0. The van der Waals surface area contributed by atoms with Crippen LogP contribution < -0.4 is 0 Å². The van der Waals surface area contributed by atoms with Crippen LogP contribution in [0, 0.1) is 34.5 Å². The molecule has 28 heavy (non-hydrogen) atoms. The lowest BCUT2D eigenvalue weighted by Gasteiger charge is -2.60. The highest BCUT2D eigenvalue weighted by Crippen LogP contribution is 2.66. The maximum atomic E-state index is 10.2. The number of hydrogen-bond donors (Lipinski definition) is 1. The molecule has 4 aliphatic carbocycles. The van der Waals surface area contributed by atoms with E-state index in [1.165, 1.54) is 50.5 Å². The van der Waals surface area contributed by atoms with E-state index in [0.29, 0.717) is 16.9 Å². The smallest absolute Gasteiger partial charge is 0.0720 e. The number of aliphatic hydroxyl groups excluding tert-OH is 1. The molecule has 0 aromatic heterocycles. The molecular formula is C26H38O2. The van der Waals surface area contributed by atoms with Gasteiger partial charge in [-0.1, -0.05) is 44.2 Å². The average Bonchev–Trinajstić information content (AvgIpc) is 3.04. The van der Waals surface area contributed by atoms with Gasteiger partial charge in [-0.25, -0.2) is 0 Å². The van der Waals surface area contributed by atoms with Crippen molar-refractivity contribution in [2.75, 3.05) is 0 Å². The van der Waals surface area contributed by atoms with Crippen molar-refractivity contribution in [2.24, 2.45) is 34.5 Å². The van der Waals surface area contributed by atoms with Crippen molar-refractivity contribution in [3.05, 3.63) is 35.9 Å². The zero-order valence-electron chi connectivity index (χ0n) is 17.8. The first-order chi connectivity index (χ1) is 13.5. The summed E-state index contributed by atoms with van der Waals surface area (Å²) >= 11 is 0. The van der Waals surface area contributed by atoms with Crippen LogP contribution in [0.5, 0.6) is 0 Å². The Morgan fingerprint density at radius 3 is 2.46 bits per heavy atom. The van der Waals surface area contributed by atoms with Gasteiger partial charge in [-0.05, 0) is 97.9 Å². The normalized spacial score (nSPS) is 47.8. The van der Waals surface area contributed by atoms with Gasteiger partial charge in [0.2, 0.25) is 0 Å². The van der Waals surface area contributed by atoms with Crippen molar-refractivity contribution in [3.8, 4) is 0 Å². The summed E-state index contributed by atoms with van der Waals surface area (Å²) in [5, 5.41) is 10.2. The molecule has 4 aliphatic rings. The zero-order valence-corrected chi connectivity index (χ0v) is 17.8. The first kappa shape index (κ1) is 19.1. The monoisotopic (exact) mass is 382 g/mol. The largest absolute Gasteiger partial charge is 0.393 e. The fourth-order valence-electron chi connectivity index (χ4n) is 8.23. The number of hydrogen-bond acceptors (Lipinski definition) is 2. The maximum absolute atomic E-state index is 10.2. The molecule has 1 aromatic carbocycles. The highest BCUT2D eigenvalue weighted by Gasteiger charge is 2.60. The number of benzene rings is 1. The van der Waals surface area contributed by atoms with Gasteiger partial charge < -0.3 is 9.84 Å². The minimum Gasteiger partial charge on any atom is -0.393 e. The third-order valence-electron chi connectivity index (χ3n) is 9.85. The van der Waals surface area contributed by atoms with Gasteiger partial charge >= 0.3 is 0 Å². The second-order valence-corrected chi connectivity index (χ2v) is 11.0. The molecule has 0 heterocycles. The second kappa shape index (κ2) is 7.13. The molecule has 4 fully saturated rings. The van der Waals surface area contributed by atoms with E-state index in [1.807, 2.05) is 0 Å². The molecule has 0 saturated heterocycles. The summed E-state index contributed by atoms with van der Waals surface area (Å²) in [5.41, 5.74) is 2.15. The van der Waals surface area contributed by atoms with Crippen molar-refractivity contribution in [2.45, 2.75) is 90.4 Å². The first-order valence-corrected chi connectivity index (χ1v) is 11.8. The van der Waals surface area contributed by atoms with Crippen LogP contribution >= 0.6 is 0 Å². The third-order valence-corrected chi connectivity index (χ3v) is 9.85. The topological polar surface area (TPSA) is 29.5 Å². The molecule has 0 spiro atoms. The van der Waals surface area contributed by atoms with Gasteiger partial charge in [-0.3, -0.25) is 0 Å². The van der Waals surface area contributed by atoms with Crippen molar-refractivity contribution >= 4 is 0 Å². The van der Waals surface area contributed by atoms with Gasteiger partial charge in [0.25, 0.3) is 0 Å². The van der Waals surface area contributed by atoms with E-state index in [2.05, 4.69) is 44.2 Å². The lowest BCUT2D eigenvalue weighted by Crippen LogP contribution is -2.54. The molecule has 0 amide bonds. The summed E-state index contributed by atoms with van der Waals surface area (Å²) in [6.07, 6.45) is 11.8. The molecule has 0 aliphatic heterocycles. The minimum atomic E-state index is -0.0364. The van der Waals surface area contributed by atoms with Gasteiger partial charge in [-0.15, -0.1) is 0 Å². The molecule has 1 aromatic rings. The molecule has 0 radical (unpaired) electrons. The fraction of sp³-hybridized carbons (Fsp3) is 0.769. The van der Waals surface area contributed by atoms with Crippen molar-refractivity contribution in [3.63, 3.8) is 0 Å². The van der Waals surface area contributed by atoms with Crippen LogP contribution in [0.15, 0.2) is 30.3 Å². The van der Waals surface area contributed by atoms with Crippen LogP contribution in [0.25, 0.3) is 0 Å². The van der Waals surface area contributed by atoms with E-state index in [4.69, 9.17) is 4.74 Å². The van der Waals surface area contributed by atoms with Gasteiger partial charge in [0.05, 0.1) is 18.8 Å². The summed E-state index contributed by atoms with van der Waals surface area (Å²) < 4.78 is 6.55. The number of rotatable bonds is 3. The molecule has 0 bridgehead atoms. The molecular weight excluding hydrogens is 344 g/mol. The average molecular weight is 383 g/mol. The maximum Gasteiger partial charge on any atom is 0.0720 e. The van der Waals surface area contributed by atoms with E-state index in [-0.39, 0.29) is 6.10 Å². The van der Waals surface area contributed by atoms with E-state index in [0.717, 1.165) is 43.1 Å². The summed E-state index contributed by atoms with van der Waals surface area (Å²) in [5.74, 6) is 3.37. The van der Waals surface area contributed by atoms with Gasteiger partial charge in [0, 0.05) is 0 Å². The van der Waals surface area contributed by atoms with Crippen LogP contribution in [0.3, 0.4) is 0 Å². The van der Waals surface area contributed by atoms with Crippen LogP contribution in [0.1, 0.15) is 77.2 Å². The Hall–Kier alpha value is -0.860. The number of ether oxygens (including phenoxy) is 1. The zero-order chi connectivity index (χ0) is 19.4. The van der Waals surface area contributed by atoms with E-state index in [9.17, 15) is 5.11 Å². The summed E-state index contributed by atoms with van der Waals surface area (Å²) in [4.78, 5) is 0. The van der Waals surface area contributed by atoms with Gasteiger partial charge in [-0.2, -0.15) is 0 Å². The third kappa shape index (κ3) is 2.98. The Labute approximate surface area is 171 Å². The summed E-state index contributed by atoms with van der Waals surface area (Å²) in [6, 6.07) is 10.7.